The predicted molar refractivity (Wildman–Crippen MR) is 120 cm³/mol. The molecular weight excluding hydrogens is 398 g/mol. The van der Waals surface area contributed by atoms with E-state index >= 15 is 0 Å². The Kier molecular flexibility index (Phi) is 4.43. The number of nitrogens with zero attached hydrogens (tertiary/aromatic N) is 3. The van der Waals surface area contributed by atoms with Gasteiger partial charge >= 0.3 is 0 Å². The summed E-state index contributed by atoms with van der Waals surface area (Å²) < 4.78 is 23.5. The van der Waals surface area contributed by atoms with Crippen LogP contribution in [0.3, 0.4) is 0 Å². The third-order valence-electron chi connectivity index (χ3n) is 5.50. The number of benzene rings is 2. The Morgan fingerprint density at radius 1 is 1.10 bits per heavy atom. The fraction of sp³-hybridized carbons (Fsp3) is 0.182. The maximum absolute atomic E-state index is 11.7. The molecule has 0 aliphatic carbocycles. The van der Waals surface area contributed by atoms with Crippen LogP contribution in [0.1, 0.15) is 5.56 Å². The minimum atomic E-state index is -2.92. The Bertz CT molecular complexity index is 1360. The van der Waals surface area contributed by atoms with E-state index in [0.717, 1.165) is 38.8 Å². The van der Waals surface area contributed by atoms with Crippen LogP contribution in [0.25, 0.3) is 27.5 Å². The number of anilines is 2. The van der Waals surface area contributed by atoms with Gasteiger partial charge in [0.05, 0.1) is 17.0 Å². The summed E-state index contributed by atoms with van der Waals surface area (Å²) in [7, 11) is -2.92. The average Bonchev–Trinajstić information content (AvgIpc) is 3.15. The number of nitrogens with one attached hydrogen (secondary N) is 2. The van der Waals surface area contributed by atoms with Crippen molar-refractivity contribution in [2.45, 2.75) is 0 Å². The van der Waals surface area contributed by atoms with Gasteiger partial charge in [-0.05, 0) is 35.0 Å². The van der Waals surface area contributed by atoms with E-state index in [1.807, 2.05) is 30.3 Å². The quantitative estimate of drug-likeness (QED) is 0.526. The van der Waals surface area contributed by atoms with Gasteiger partial charge in [0.2, 0.25) is 0 Å². The van der Waals surface area contributed by atoms with Gasteiger partial charge in [0.15, 0.2) is 15.7 Å². The Morgan fingerprint density at radius 3 is 2.77 bits per heavy atom. The molecule has 30 heavy (non-hydrogen) atoms. The molecule has 1 aliphatic rings. The van der Waals surface area contributed by atoms with Gasteiger partial charge < -0.3 is 10.2 Å². The molecule has 2 aromatic carbocycles. The van der Waals surface area contributed by atoms with Crippen molar-refractivity contribution >= 4 is 48.8 Å². The molecule has 152 valence electrons. The molecule has 0 amide bonds. The maximum atomic E-state index is 11.7. The van der Waals surface area contributed by atoms with Crippen molar-refractivity contribution in [1.29, 1.82) is 0 Å². The number of fused-ring (bicyclic) bond motifs is 2. The normalized spacial score (nSPS) is 16.1. The van der Waals surface area contributed by atoms with E-state index in [1.54, 1.807) is 6.20 Å². The molecule has 5 rings (SSSR count). The second-order valence-electron chi connectivity index (χ2n) is 7.42. The number of sulfone groups is 1. The lowest BCUT2D eigenvalue weighted by molar-refractivity contribution is 0.423. The van der Waals surface area contributed by atoms with Crippen molar-refractivity contribution in [3.05, 3.63) is 66.9 Å². The molecule has 7 nitrogen and oxygen atoms in total. The second-order valence-corrected chi connectivity index (χ2v) is 9.73. The van der Waals surface area contributed by atoms with Crippen LogP contribution < -0.4 is 5.32 Å². The predicted octanol–water partition coefficient (Wildman–Crippen LogP) is 3.56. The van der Waals surface area contributed by atoms with Crippen molar-refractivity contribution in [2.24, 2.45) is 0 Å². The zero-order chi connectivity index (χ0) is 20.7. The molecule has 0 atom stereocenters. The van der Waals surface area contributed by atoms with Crippen LogP contribution in [0, 0.1) is 0 Å². The molecule has 8 heteroatoms. The first-order chi connectivity index (χ1) is 14.5. The van der Waals surface area contributed by atoms with Crippen molar-refractivity contribution in [2.75, 3.05) is 29.9 Å². The van der Waals surface area contributed by atoms with Crippen molar-refractivity contribution in [3.8, 4) is 0 Å². The largest absolute Gasteiger partial charge is 0.369 e. The first-order valence-electron chi connectivity index (χ1n) is 9.74. The molecule has 0 unspecified atom stereocenters. The number of rotatable bonds is 4. The zero-order valence-corrected chi connectivity index (χ0v) is 17.1. The van der Waals surface area contributed by atoms with Gasteiger partial charge in [0, 0.05) is 36.2 Å². The fourth-order valence-electron chi connectivity index (χ4n) is 3.84. The average molecular weight is 420 g/mol. The SMILES string of the molecule is C=C(c1cccc2cc(Nc3n[nH]c4cccnc34)ccc12)N1CCS(=O)(=O)CC1. The molecule has 1 saturated heterocycles. The summed E-state index contributed by atoms with van der Waals surface area (Å²) in [5, 5.41) is 12.8. The molecule has 1 aliphatic heterocycles. The molecule has 3 heterocycles. The summed E-state index contributed by atoms with van der Waals surface area (Å²) in [6, 6.07) is 16.0. The van der Waals surface area contributed by atoms with E-state index in [-0.39, 0.29) is 11.5 Å². The molecular formula is C22H21N5O2S. The van der Waals surface area contributed by atoms with Gasteiger partial charge in [0.25, 0.3) is 0 Å². The lowest BCUT2D eigenvalue weighted by Crippen LogP contribution is -2.38. The van der Waals surface area contributed by atoms with Crippen LogP contribution >= 0.6 is 0 Å². The number of aromatic amines is 1. The summed E-state index contributed by atoms with van der Waals surface area (Å²) in [6.45, 7) is 5.22. The topological polar surface area (TPSA) is 91.0 Å². The van der Waals surface area contributed by atoms with E-state index in [1.165, 1.54) is 0 Å². The fourth-order valence-corrected chi connectivity index (χ4v) is 5.04. The van der Waals surface area contributed by atoms with Crippen LogP contribution in [-0.2, 0) is 9.84 Å². The van der Waals surface area contributed by atoms with E-state index in [2.05, 4.69) is 50.2 Å². The molecule has 4 aromatic rings. The lowest BCUT2D eigenvalue weighted by Gasteiger charge is -2.31. The van der Waals surface area contributed by atoms with Gasteiger partial charge in [-0.1, -0.05) is 30.8 Å². The maximum Gasteiger partial charge on any atom is 0.178 e. The first kappa shape index (κ1) is 18.6. The van der Waals surface area contributed by atoms with E-state index < -0.39 is 9.84 Å². The number of H-pyrrole nitrogens is 1. The number of hydrogen-bond donors (Lipinski definition) is 2. The molecule has 1 fully saturated rings. The zero-order valence-electron chi connectivity index (χ0n) is 16.3. The summed E-state index contributed by atoms with van der Waals surface area (Å²) in [5.41, 5.74) is 4.46. The highest BCUT2D eigenvalue weighted by molar-refractivity contribution is 7.91. The number of pyridine rings is 1. The van der Waals surface area contributed by atoms with Gasteiger partial charge in [-0.3, -0.25) is 10.1 Å². The molecule has 0 bridgehead atoms. The van der Waals surface area contributed by atoms with Crippen LogP contribution in [0.2, 0.25) is 0 Å². The highest BCUT2D eigenvalue weighted by Crippen LogP contribution is 2.30. The van der Waals surface area contributed by atoms with E-state index in [9.17, 15) is 8.42 Å². The molecule has 0 spiro atoms. The van der Waals surface area contributed by atoms with Crippen LogP contribution in [0.4, 0.5) is 11.5 Å². The summed E-state index contributed by atoms with van der Waals surface area (Å²) in [4.78, 5) is 6.44. The van der Waals surface area contributed by atoms with Crippen LogP contribution in [-0.4, -0.2) is 53.1 Å². The third-order valence-corrected chi connectivity index (χ3v) is 7.11. The highest BCUT2D eigenvalue weighted by Gasteiger charge is 2.23. The number of hydrogen-bond acceptors (Lipinski definition) is 6. The van der Waals surface area contributed by atoms with Gasteiger partial charge in [0.1, 0.15) is 5.52 Å². The van der Waals surface area contributed by atoms with Crippen molar-refractivity contribution in [3.63, 3.8) is 0 Å². The second kappa shape index (κ2) is 7.14. The van der Waals surface area contributed by atoms with Crippen molar-refractivity contribution < 1.29 is 8.42 Å². The minimum absolute atomic E-state index is 0.177. The Labute approximate surface area is 174 Å². The Morgan fingerprint density at radius 2 is 1.93 bits per heavy atom. The standard InChI is InChI=1S/C22H21N5O2S/c1-15(27-10-12-30(28,29)13-11-27)18-5-2-4-16-14-17(7-8-19(16)18)24-22-21-20(25-26-22)6-3-9-23-21/h2-9,14H,1,10-13H2,(H2,24,25,26). The third kappa shape index (κ3) is 3.39. The molecule has 0 saturated carbocycles. The first-order valence-corrected chi connectivity index (χ1v) is 11.6. The van der Waals surface area contributed by atoms with E-state index in [0.29, 0.717) is 18.9 Å². The summed E-state index contributed by atoms with van der Waals surface area (Å²) in [5.74, 6) is 1.03. The smallest absolute Gasteiger partial charge is 0.178 e. The number of aromatic nitrogens is 3. The van der Waals surface area contributed by atoms with Crippen molar-refractivity contribution in [1.82, 2.24) is 20.1 Å². The summed E-state index contributed by atoms with van der Waals surface area (Å²) in [6.07, 6.45) is 1.74. The highest BCUT2D eigenvalue weighted by atomic mass is 32.2. The van der Waals surface area contributed by atoms with Crippen LogP contribution in [0.15, 0.2) is 61.3 Å². The van der Waals surface area contributed by atoms with Gasteiger partial charge in [-0.25, -0.2) is 8.42 Å². The molecule has 2 aromatic heterocycles. The van der Waals surface area contributed by atoms with E-state index in [4.69, 9.17) is 0 Å². The minimum Gasteiger partial charge on any atom is -0.369 e. The lowest BCUT2D eigenvalue weighted by atomic mass is 10.0. The monoisotopic (exact) mass is 419 g/mol. The summed E-state index contributed by atoms with van der Waals surface area (Å²) >= 11 is 0. The molecule has 0 radical (unpaired) electrons. The Balaban J connectivity index is 1.44. The molecule has 2 N–H and O–H groups in total. The van der Waals surface area contributed by atoms with Crippen LogP contribution in [0.5, 0.6) is 0 Å². The van der Waals surface area contributed by atoms with Gasteiger partial charge in [-0.2, -0.15) is 5.10 Å². The van der Waals surface area contributed by atoms with Gasteiger partial charge in [-0.15, -0.1) is 0 Å². The Hall–Kier alpha value is -3.39.